The van der Waals surface area contributed by atoms with Crippen molar-refractivity contribution < 1.29 is 14.1 Å². The van der Waals surface area contributed by atoms with Gasteiger partial charge in [0.1, 0.15) is 5.75 Å². The molecule has 4 nitrogen and oxygen atoms in total. The predicted octanol–water partition coefficient (Wildman–Crippen LogP) is -0.0206. The van der Waals surface area contributed by atoms with Gasteiger partial charge in [-0.15, -0.1) is 0 Å². The van der Waals surface area contributed by atoms with Crippen molar-refractivity contribution in [1.29, 1.82) is 5.26 Å². The Hall–Kier alpha value is -0.890. The van der Waals surface area contributed by atoms with Crippen molar-refractivity contribution in [1.82, 2.24) is 0 Å². The maximum atomic E-state index is 10.8. The summed E-state index contributed by atoms with van der Waals surface area (Å²) < 4.78 is 10.8. The van der Waals surface area contributed by atoms with Crippen LogP contribution in [0.25, 0.3) is 0 Å². The molecule has 1 N–H and O–H groups in total. The van der Waals surface area contributed by atoms with Crippen molar-refractivity contribution in [3.8, 4) is 6.07 Å². The van der Waals surface area contributed by atoms with Crippen LogP contribution in [0.15, 0.2) is 0 Å². The molecule has 62 valence electrons. The summed E-state index contributed by atoms with van der Waals surface area (Å²) in [4.78, 5) is 10.2. The molecule has 0 spiro atoms. The van der Waals surface area contributed by atoms with Gasteiger partial charge in [0.05, 0.1) is 12.0 Å². The minimum atomic E-state index is -1.31. The molecule has 0 aromatic carbocycles. The summed E-state index contributed by atoms with van der Waals surface area (Å²) in [7, 11) is -1.31. The second-order valence-electron chi connectivity index (χ2n) is 2.15. The largest absolute Gasteiger partial charge is 0.481 e. The molecule has 5 heteroatoms. The van der Waals surface area contributed by atoms with Gasteiger partial charge in [-0.05, 0) is 0 Å². The highest BCUT2D eigenvalue weighted by atomic mass is 32.2. The van der Waals surface area contributed by atoms with Crippen LogP contribution in [0.4, 0.5) is 0 Å². The zero-order chi connectivity index (χ0) is 8.85. The van der Waals surface area contributed by atoms with Gasteiger partial charge >= 0.3 is 5.97 Å². The topological polar surface area (TPSA) is 78.2 Å². The third-order valence-electron chi connectivity index (χ3n) is 1.08. The summed E-state index contributed by atoms with van der Waals surface area (Å²) in [6.07, 6.45) is 0. The van der Waals surface area contributed by atoms with Crippen LogP contribution < -0.4 is 0 Å². The molecule has 0 aliphatic rings. The van der Waals surface area contributed by atoms with Crippen LogP contribution in [0.3, 0.4) is 0 Å². The van der Waals surface area contributed by atoms with Crippen LogP contribution in [0.1, 0.15) is 6.92 Å². The first-order valence-electron chi connectivity index (χ1n) is 3.02. The van der Waals surface area contributed by atoms with E-state index in [4.69, 9.17) is 10.4 Å². The average Bonchev–Trinajstić information content (AvgIpc) is 1.87. The van der Waals surface area contributed by atoms with Gasteiger partial charge in [-0.1, -0.05) is 6.92 Å². The van der Waals surface area contributed by atoms with Gasteiger partial charge in [-0.25, -0.2) is 0 Å². The van der Waals surface area contributed by atoms with E-state index in [1.807, 2.05) is 0 Å². The fraction of sp³-hybridized carbons (Fsp3) is 0.667. The molecule has 2 atom stereocenters. The number of carbonyl (C=O) groups is 1. The quantitative estimate of drug-likeness (QED) is 0.651. The van der Waals surface area contributed by atoms with E-state index in [1.165, 1.54) is 6.92 Å². The fourth-order valence-corrected chi connectivity index (χ4v) is 1.44. The highest BCUT2D eigenvalue weighted by Gasteiger charge is 2.13. The van der Waals surface area contributed by atoms with Crippen molar-refractivity contribution in [2.45, 2.75) is 6.92 Å². The molecule has 0 rings (SSSR count). The second-order valence-corrected chi connectivity index (χ2v) is 3.65. The number of nitriles is 1. The van der Waals surface area contributed by atoms with Crippen LogP contribution >= 0.6 is 0 Å². The third kappa shape index (κ3) is 4.51. The summed E-state index contributed by atoms with van der Waals surface area (Å²) >= 11 is 0. The summed E-state index contributed by atoms with van der Waals surface area (Å²) in [5.41, 5.74) is 0. The molecule has 0 saturated heterocycles. The first kappa shape index (κ1) is 10.1. The molecule has 0 bridgehead atoms. The van der Waals surface area contributed by atoms with E-state index in [2.05, 4.69) is 0 Å². The fourth-order valence-electron chi connectivity index (χ4n) is 0.481. The van der Waals surface area contributed by atoms with E-state index < -0.39 is 22.7 Å². The molecule has 0 aromatic rings. The van der Waals surface area contributed by atoms with Crippen molar-refractivity contribution >= 4 is 16.8 Å². The van der Waals surface area contributed by atoms with Crippen molar-refractivity contribution in [2.24, 2.45) is 5.92 Å². The van der Waals surface area contributed by atoms with E-state index in [-0.39, 0.29) is 11.5 Å². The molecular formula is C6H9NO3S. The average molecular weight is 175 g/mol. The molecule has 0 fully saturated rings. The Morgan fingerprint density at radius 3 is 2.73 bits per heavy atom. The highest BCUT2D eigenvalue weighted by Crippen LogP contribution is 1.97. The minimum Gasteiger partial charge on any atom is -0.481 e. The summed E-state index contributed by atoms with van der Waals surface area (Å²) in [6.45, 7) is 1.47. The molecule has 0 heterocycles. The minimum absolute atomic E-state index is 0.0584. The Morgan fingerprint density at radius 1 is 1.82 bits per heavy atom. The molecule has 0 radical (unpaired) electrons. The van der Waals surface area contributed by atoms with E-state index in [1.54, 1.807) is 6.07 Å². The predicted molar refractivity (Wildman–Crippen MR) is 40.3 cm³/mol. The van der Waals surface area contributed by atoms with Crippen molar-refractivity contribution in [2.75, 3.05) is 11.5 Å². The second kappa shape index (κ2) is 4.85. The lowest BCUT2D eigenvalue weighted by molar-refractivity contribution is -0.140. The van der Waals surface area contributed by atoms with Gasteiger partial charge in [-0.3, -0.25) is 9.00 Å². The van der Waals surface area contributed by atoms with Crippen LogP contribution in [-0.4, -0.2) is 26.8 Å². The smallest absolute Gasteiger partial charge is 0.307 e. The maximum Gasteiger partial charge on any atom is 0.307 e. The third-order valence-corrected chi connectivity index (χ3v) is 2.41. The zero-order valence-corrected chi connectivity index (χ0v) is 6.93. The van der Waals surface area contributed by atoms with E-state index in [0.29, 0.717) is 0 Å². The van der Waals surface area contributed by atoms with E-state index in [9.17, 15) is 9.00 Å². The number of aliphatic carboxylic acids is 1. The summed E-state index contributed by atoms with van der Waals surface area (Å²) in [5.74, 6) is -1.64. The molecule has 0 amide bonds. The molecule has 0 aliphatic heterocycles. The molecular weight excluding hydrogens is 166 g/mol. The number of hydrogen-bond donors (Lipinski definition) is 1. The highest BCUT2D eigenvalue weighted by molar-refractivity contribution is 7.85. The zero-order valence-electron chi connectivity index (χ0n) is 6.11. The Bertz CT molecular complexity index is 208. The number of nitrogens with zero attached hydrogens (tertiary/aromatic N) is 1. The lowest BCUT2D eigenvalue weighted by Gasteiger charge is -2.01. The Morgan fingerprint density at radius 2 is 2.36 bits per heavy atom. The van der Waals surface area contributed by atoms with E-state index in [0.717, 1.165) is 0 Å². The Kier molecular flexibility index (Phi) is 4.46. The Labute approximate surface area is 67.3 Å². The van der Waals surface area contributed by atoms with Crippen LogP contribution in [0.5, 0.6) is 0 Å². The van der Waals surface area contributed by atoms with Crippen LogP contribution in [-0.2, 0) is 15.6 Å². The molecule has 2 unspecified atom stereocenters. The van der Waals surface area contributed by atoms with Crippen molar-refractivity contribution in [3.63, 3.8) is 0 Å². The summed E-state index contributed by atoms with van der Waals surface area (Å²) in [5, 5.41) is 16.5. The molecule has 0 saturated carbocycles. The van der Waals surface area contributed by atoms with Gasteiger partial charge in [0.15, 0.2) is 0 Å². The van der Waals surface area contributed by atoms with Gasteiger partial charge in [-0.2, -0.15) is 5.26 Å². The normalized spacial score (nSPS) is 14.9. The first-order chi connectivity index (χ1) is 5.07. The van der Waals surface area contributed by atoms with Crippen molar-refractivity contribution in [3.05, 3.63) is 0 Å². The standard InChI is InChI=1S/C6H9NO3S/c1-5(6(8)9)4-11(10)3-2-7/h5H,3-4H2,1H3,(H,8,9). The SMILES string of the molecule is CC(CS(=O)CC#N)C(=O)O. The van der Waals surface area contributed by atoms with Gasteiger partial charge in [0.25, 0.3) is 0 Å². The lowest BCUT2D eigenvalue weighted by Crippen LogP contribution is -2.18. The van der Waals surface area contributed by atoms with Crippen LogP contribution in [0.2, 0.25) is 0 Å². The maximum absolute atomic E-state index is 10.8. The van der Waals surface area contributed by atoms with Gasteiger partial charge < -0.3 is 5.11 Å². The number of carboxylic acids is 1. The molecule has 0 aliphatic carbocycles. The van der Waals surface area contributed by atoms with Crippen LogP contribution in [0, 0.1) is 17.2 Å². The van der Waals surface area contributed by atoms with Gasteiger partial charge in [0, 0.05) is 16.6 Å². The molecule has 11 heavy (non-hydrogen) atoms. The number of hydrogen-bond acceptors (Lipinski definition) is 3. The number of carboxylic acid groups (broad SMARTS) is 1. The Balaban J connectivity index is 3.77. The van der Waals surface area contributed by atoms with E-state index >= 15 is 0 Å². The molecule has 0 aromatic heterocycles. The monoisotopic (exact) mass is 175 g/mol. The lowest BCUT2D eigenvalue weighted by atomic mass is 10.2. The summed E-state index contributed by atoms with van der Waals surface area (Å²) in [6, 6.07) is 1.72. The first-order valence-corrected chi connectivity index (χ1v) is 4.51. The number of rotatable bonds is 4. The van der Waals surface area contributed by atoms with Gasteiger partial charge in [0.2, 0.25) is 0 Å².